The first-order valence-corrected chi connectivity index (χ1v) is 10.9. The molecule has 0 unspecified atom stereocenters. The molecule has 134 valence electrons. The second-order valence-electron chi connectivity index (χ2n) is 6.25. The number of fused-ring (bicyclic) bond motifs is 1. The smallest absolute Gasteiger partial charge is 0.251 e. The van der Waals surface area contributed by atoms with Gasteiger partial charge in [0.1, 0.15) is 5.82 Å². The average molecular weight is 384 g/mol. The summed E-state index contributed by atoms with van der Waals surface area (Å²) in [5.74, 6) is 3.36. The van der Waals surface area contributed by atoms with Gasteiger partial charge in [-0.25, -0.2) is 4.98 Å². The molecule has 0 bridgehead atoms. The van der Waals surface area contributed by atoms with Gasteiger partial charge in [-0.2, -0.15) is 0 Å². The molecule has 4 nitrogen and oxygen atoms in total. The minimum absolute atomic E-state index is 0.0228. The van der Waals surface area contributed by atoms with E-state index in [0.717, 1.165) is 16.9 Å². The van der Waals surface area contributed by atoms with E-state index in [1.165, 1.54) is 17.1 Å². The van der Waals surface area contributed by atoms with E-state index in [1.54, 1.807) is 0 Å². The van der Waals surface area contributed by atoms with Crippen molar-refractivity contribution < 1.29 is 4.79 Å². The lowest BCUT2D eigenvalue weighted by Gasteiger charge is -2.11. The van der Waals surface area contributed by atoms with E-state index in [4.69, 9.17) is 0 Å². The summed E-state index contributed by atoms with van der Waals surface area (Å²) in [6.45, 7) is 3.29. The molecule has 0 radical (unpaired) electrons. The third-order valence-electron chi connectivity index (χ3n) is 4.53. The summed E-state index contributed by atoms with van der Waals surface area (Å²) >= 11 is 3.96. The van der Waals surface area contributed by atoms with Crippen LogP contribution >= 0.6 is 23.5 Å². The van der Waals surface area contributed by atoms with Crippen LogP contribution in [0.4, 0.5) is 0 Å². The van der Waals surface area contributed by atoms with Crippen molar-refractivity contribution in [1.29, 1.82) is 0 Å². The number of hydrogen-bond acceptors (Lipinski definition) is 4. The van der Waals surface area contributed by atoms with Crippen LogP contribution in [0.15, 0.2) is 48.5 Å². The first kappa shape index (κ1) is 17.5. The number of benzene rings is 2. The largest absolute Gasteiger partial charge is 0.350 e. The number of amides is 1. The predicted octanol–water partition coefficient (Wildman–Crippen LogP) is 4.25. The van der Waals surface area contributed by atoms with E-state index in [1.807, 2.05) is 60.8 Å². The zero-order chi connectivity index (χ0) is 17.9. The molecule has 3 aromatic rings. The molecule has 1 amide bonds. The molecule has 0 aliphatic carbocycles. The molecule has 26 heavy (non-hydrogen) atoms. The summed E-state index contributed by atoms with van der Waals surface area (Å²) in [5, 5.41) is 3.02. The fourth-order valence-corrected chi connectivity index (χ4v) is 6.06. The Morgan fingerprint density at radius 2 is 1.88 bits per heavy atom. The third kappa shape index (κ3) is 3.62. The van der Waals surface area contributed by atoms with Gasteiger partial charge in [0.25, 0.3) is 5.91 Å². The number of para-hydroxylation sites is 2. The molecule has 2 aromatic carbocycles. The molecule has 0 saturated carbocycles. The maximum Gasteiger partial charge on any atom is 0.251 e. The summed E-state index contributed by atoms with van der Waals surface area (Å²) in [4.78, 5) is 17.0. The Balaban J connectivity index is 1.37. The molecular formula is C20H21N3OS2. The van der Waals surface area contributed by atoms with E-state index < -0.39 is 0 Å². The molecule has 1 aliphatic heterocycles. The highest BCUT2D eigenvalue weighted by atomic mass is 32.2. The van der Waals surface area contributed by atoms with Crippen molar-refractivity contribution in [2.24, 2.45) is 0 Å². The van der Waals surface area contributed by atoms with Gasteiger partial charge in [-0.3, -0.25) is 4.79 Å². The van der Waals surface area contributed by atoms with Gasteiger partial charge in [-0.05, 0) is 36.8 Å². The number of aryl methyl sites for hydroxylation is 1. The van der Waals surface area contributed by atoms with Crippen LogP contribution in [-0.4, -0.2) is 33.5 Å². The number of aromatic nitrogens is 2. The minimum atomic E-state index is -0.0228. The number of nitrogens with one attached hydrogen (secondary N) is 1. The highest BCUT2D eigenvalue weighted by Crippen LogP contribution is 2.45. The van der Waals surface area contributed by atoms with Crippen molar-refractivity contribution in [3.05, 3.63) is 65.5 Å². The van der Waals surface area contributed by atoms with Gasteiger partial charge >= 0.3 is 0 Å². The van der Waals surface area contributed by atoms with Crippen molar-refractivity contribution in [3.8, 4) is 0 Å². The fourth-order valence-electron chi connectivity index (χ4n) is 3.20. The monoisotopic (exact) mass is 383 g/mol. The lowest BCUT2D eigenvalue weighted by atomic mass is 10.1. The van der Waals surface area contributed by atoms with Crippen molar-refractivity contribution in [1.82, 2.24) is 14.9 Å². The number of rotatable bonds is 5. The molecule has 0 atom stereocenters. The first-order valence-electron chi connectivity index (χ1n) is 8.75. The van der Waals surface area contributed by atoms with Gasteiger partial charge in [-0.1, -0.05) is 24.3 Å². The standard InChI is InChI=1S/C20H21N3OS2/c1-14-22-17-4-2-3-5-18(17)23(14)11-10-21-19(24)15-6-8-16(9-7-15)20-25-12-13-26-20/h2-9,20H,10-13H2,1H3,(H,21,24). The van der Waals surface area contributed by atoms with Gasteiger partial charge < -0.3 is 9.88 Å². The number of imidazole rings is 1. The second-order valence-corrected chi connectivity index (χ2v) is 8.98. The number of thioether (sulfide) groups is 2. The SMILES string of the molecule is Cc1nc2ccccc2n1CCNC(=O)c1ccc(C2SCCS2)cc1. The van der Waals surface area contributed by atoms with Gasteiger partial charge in [0, 0.05) is 30.2 Å². The van der Waals surface area contributed by atoms with E-state index in [0.29, 0.717) is 23.2 Å². The molecule has 1 fully saturated rings. The molecule has 2 heterocycles. The Kier molecular flexibility index (Phi) is 5.22. The predicted molar refractivity (Wildman–Crippen MR) is 111 cm³/mol. The maximum absolute atomic E-state index is 12.4. The summed E-state index contributed by atoms with van der Waals surface area (Å²) in [5.41, 5.74) is 4.12. The van der Waals surface area contributed by atoms with Gasteiger partial charge in [0.2, 0.25) is 0 Å². The van der Waals surface area contributed by atoms with Crippen LogP contribution in [0.3, 0.4) is 0 Å². The zero-order valence-corrected chi connectivity index (χ0v) is 16.3. The van der Waals surface area contributed by atoms with Crippen molar-refractivity contribution in [3.63, 3.8) is 0 Å². The Morgan fingerprint density at radius 1 is 1.15 bits per heavy atom. The zero-order valence-electron chi connectivity index (χ0n) is 14.6. The van der Waals surface area contributed by atoms with Crippen LogP contribution in [0, 0.1) is 6.92 Å². The second kappa shape index (κ2) is 7.76. The molecule has 1 N–H and O–H groups in total. The quantitative estimate of drug-likeness (QED) is 0.715. The molecular weight excluding hydrogens is 362 g/mol. The summed E-state index contributed by atoms with van der Waals surface area (Å²) < 4.78 is 2.66. The maximum atomic E-state index is 12.4. The number of nitrogens with zero attached hydrogens (tertiary/aromatic N) is 2. The van der Waals surface area contributed by atoms with Crippen LogP contribution in [-0.2, 0) is 6.54 Å². The Hall–Kier alpha value is -1.92. The Labute approximate surface area is 161 Å². The van der Waals surface area contributed by atoms with Crippen molar-refractivity contribution in [2.75, 3.05) is 18.1 Å². The van der Waals surface area contributed by atoms with Crippen LogP contribution in [0.1, 0.15) is 26.3 Å². The number of carbonyl (C=O) groups is 1. The van der Waals surface area contributed by atoms with Gasteiger partial charge in [-0.15, -0.1) is 23.5 Å². The lowest BCUT2D eigenvalue weighted by molar-refractivity contribution is 0.0952. The molecule has 0 spiro atoms. The molecule has 1 aliphatic rings. The van der Waals surface area contributed by atoms with E-state index in [-0.39, 0.29) is 5.91 Å². The summed E-state index contributed by atoms with van der Waals surface area (Å²) in [6, 6.07) is 16.1. The topological polar surface area (TPSA) is 46.9 Å². The minimum Gasteiger partial charge on any atom is -0.350 e. The van der Waals surface area contributed by atoms with E-state index in [2.05, 4.69) is 33.1 Å². The van der Waals surface area contributed by atoms with Crippen molar-refractivity contribution in [2.45, 2.75) is 18.1 Å². The average Bonchev–Trinajstić information content (AvgIpc) is 3.30. The normalized spacial score (nSPS) is 14.8. The summed E-state index contributed by atoms with van der Waals surface area (Å²) in [7, 11) is 0. The van der Waals surface area contributed by atoms with E-state index >= 15 is 0 Å². The summed E-state index contributed by atoms with van der Waals surface area (Å²) in [6.07, 6.45) is 0. The fraction of sp³-hybridized carbons (Fsp3) is 0.300. The third-order valence-corrected chi connectivity index (χ3v) is 7.64. The van der Waals surface area contributed by atoms with Crippen LogP contribution in [0.2, 0.25) is 0 Å². The molecule has 6 heteroatoms. The van der Waals surface area contributed by atoms with Crippen LogP contribution in [0.5, 0.6) is 0 Å². The molecule has 4 rings (SSSR count). The van der Waals surface area contributed by atoms with E-state index in [9.17, 15) is 4.79 Å². The van der Waals surface area contributed by atoms with Gasteiger partial charge in [0.05, 0.1) is 15.6 Å². The molecule has 1 saturated heterocycles. The van der Waals surface area contributed by atoms with Crippen LogP contribution < -0.4 is 5.32 Å². The number of hydrogen-bond donors (Lipinski definition) is 1. The number of carbonyl (C=O) groups excluding carboxylic acids is 1. The Bertz CT molecular complexity index is 914. The first-order chi connectivity index (χ1) is 12.7. The lowest BCUT2D eigenvalue weighted by Crippen LogP contribution is -2.27. The van der Waals surface area contributed by atoms with Crippen LogP contribution in [0.25, 0.3) is 11.0 Å². The Morgan fingerprint density at radius 3 is 2.65 bits per heavy atom. The molecule has 1 aromatic heterocycles. The highest BCUT2D eigenvalue weighted by Gasteiger charge is 2.18. The van der Waals surface area contributed by atoms with Gasteiger partial charge in [0.15, 0.2) is 0 Å². The van der Waals surface area contributed by atoms with Crippen molar-refractivity contribution >= 4 is 40.5 Å². The highest BCUT2D eigenvalue weighted by molar-refractivity contribution is 8.19.